The number of aryl methyl sites for hydroxylation is 2. The van der Waals surface area contributed by atoms with E-state index in [4.69, 9.17) is 58.5 Å². The summed E-state index contributed by atoms with van der Waals surface area (Å²) in [6.07, 6.45) is 0. The molecule has 45 heavy (non-hydrogen) atoms. The Morgan fingerprint density at radius 3 is 1.64 bits per heavy atom. The Kier molecular flexibility index (Phi) is 16.8. The molecule has 0 saturated heterocycles. The lowest BCUT2D eigenvalue weighted by Gasteiger charge is -2.07. The standard InChI is InChI=1S/2C9H10ClFO.C8H8ClFO.C6H8N2O2/c1-3-12-9-7(10)4-6(2)5-8(9)11;1-3-12-9-7(10)5-4-6(2)8(9)11;1-2-11-8-6(9)4-3-5-7(8)10;1-3-9-5(7-1)6-8-2-4-10-6/h2*4-5H,3H2,1-2H3;3-5H,2H2,1H3;1-4H2. The molecule has 3 aromatic rings. The van der Waals surface area contributed by atoms with Crippen LogP contribution in [0.15, 0.2) is 52.4 Å². The predicted molar refractivity (Wildman–Crippen MR) is 174 cm³/mol. The molecule has 0 fully saturated rings. The fourth-order valence-electron chi connectivity index (χ4n) is 3.57. The molecular formula is C32H36Cl3F3N2O5. The first-order valence-corrected chi connectivity index (χ1v) is 15.2. The largest absolute Gasteiger partial charge is 0.489 e. The molecule has 0 aliphatic carbocycles. The highest BCUT2D eigenvalue weighted by atomic mass is 35.5. The van der Waals surface area contributed by atoms with Gasteiger partial charge in [0.25, 0.3) is 11.8 Å². The second-order valence-corrected chi connectivity index (χ2v) is 10.2. The molecule has 0 bridgehead atoms. The average Bonchev–Trinajstić information content (AvgIpc) is 3.73. The van der Waals surface area contributed by atoms with Crippen LogP contribution >= 0.6 is 34.8 Å². The van der Waals surface area contributed by atoms with Crippen LogP contribution < -0.4 is 14.2 Å². The number of aliphatic imine (C=N–C) groups is 2. The molecule has 2 aliphatic heterocycles. The molecule has 2 aliphatic rings. The van der Waals surface area contributed by atoms with Gasteiger partial charge in [-0.1, -0.05) is 46.9 Å². The summed E-state index contributed by atoms with van der Waals surface area (Å²) in [5.41, 5.74) is 1.34. The second kappa shape index (κ2) is 19.9. The summed E-state index contributed by atoms with van der Waals surface area (Å²) in [6, 6.07) is 10.8. The number of hydrogen-bond acceptors (Lipinski definition) is 7. The van der Waals surface area contributed by atoms with Gasteiger partial charge in [-0.25, -0.2) is 23.2 Å². The van der Waals surface area contributed by atoms with Gasteiger partial charge in [-0.2, -0.15) is 0 Å². The van der Waals surface area contributed by atoms with Gasteiger partial charge in [-0.05, 0) is 76.1 Å². The smallest absolute Gasteiger partial charge is 0.273 e. The quantitative estimate of drug-likeness (QED) is 0.247. The van der Waals surface area contributed by atoms with E-state index in [9.17, 15) is 13.2 Å². The summed E-state index contributed by atoms with van der Waals surface area (Å²) in [7, 11) is 0. The Morgan fingerprint density at radius 2 is 1.18 bits per heavy atom. The predicted octanol–water partition coefficient (Wildman–Crippen LogP) is 9.09. The molecule has 2 heterocycles. The van der Waals surface area contributed by atoms with E-state index >= 15 is 0 Å². The molecule has 0 amide bonds. The topological polar surface area (TPSA) is 70.9 Å². The van der Waals surface area contributed by atoms with Crippen LogP contribution in [0.5, 0.6) is 17.2 Å². The first kappa shape index (κ1) is 37.8. The maximum Gasteiger partial charge on any atom is 0.273 e. The minimum atomic E-state index is -0.417. The Morgan fingerprint density at radius 1 is 0.667 bits per heavy atom. The van der Waals surface area contributed by atoms with Crippen LogP contribution in [0.4, 0.5) is 13.2 Å². The van der Waals surface area contributed by atoms with E-state index in [2.05, 4.69) is 9.98 Å². The highest BCUT2D eigenvalue weighted by Crippen LogP contribution is 2.30. The monoisotopic (exact) mass is 690 g/mol. The van der Waals surface area contributed by atoms with Crippen LogP contribution in [-0.4, -0.2) is 57.9 Å². The van der Waals surface area contributed by atoms with Gasteiger partial charge in [0.1, 0.15) is 13.2 Å². The van der Waals surface area contributed by atoms with E-state index in [0.717, 1.165) is 18.7 Å². The van der Waals surface area contributed by atoms with Gasteiger partial charge in [0.2, 0.25) is 0 Å². The zero-order chi connectivity index (χ0) is 33.4. The lowest BCUT2D eigenvalue weighted by Crippen LogP contribution is -2.14. The van der Waals surface area contributed by atoms with Gasteiger partial charge in [-0.15, -0.1) is 0 Å². The number of rotatable bonds is 7. The summed E-state index contributed by atoms with van der Waals surface area (Å²) in [6.45, 7) is 12.9. The minimum absolute atomic E-state index is 0.136. The third-order valence-corrected chi connectivity index (χ3v) is 6.40. The summed E-state index contributed by atoms with van der Waals surface area (Å²) in [5.74, 6) is 0.404. The summed E-state index contributed by atoms with van der Waals surface area (Å²) < 4.78 is 64.4. The zero-order valence-electron chi connectivity index (χ0n) is 25.7. The maximum absolute atomic E-state index is 13.2. The molecule has 0 saturated carbocycles. The summed E-state index contributed by atoms with van der Waals surface area (Å²) in [4.78, 5) is 8.11. The Labute approximate surface area is 276 Å². The van der Waals surface area contributed by atoms with Crippen molar-refractivity contribution in [1.82, 2.24) is 0 Å². The van der Waals surface area contributed by atoms with Crippen molar-refractivity contribution in [2.75, 3.05) is 46.1 Å². The van der Waals surface area contributed by atoms with Crippen LogP contribution in [0.25, 0.3) is 0 Å². The van der Waals surface area contributed by atoms with Crippen LogP contribution in [0.3, 0.4) is 0 Å². The SMILES string of the molecule is C1COC(C2=NCCO2)=N1.CCOc1c(Cl)ccc(C)c1F.CCOc1c(F)cc(C)cc1Cl.CCOc1c(F)cccc1Cl. The van der Waals surface area contributed by atoms with Crippen molar-refractivity contribution in [3.63, 3.8) is 0 Å². The normalized spacial score (nSPS) is 12.9. The van der Waals surface area contributed by atoms with E-state index < -0.39 is 11.6 Å². The number of ether oxygens (including phenoxy) is 5. The maximum atomic E-state index is 13.2. The molecule has 13 heteroatoms. The van der Waals surface area contributed by atoms with Crippen molar-refractivity contribution in [3.05, 3.63) is 86.1 Å². The van der Waals surface area contributed by atoms with Crippen molar-refractivity contribution < 1.29 is 36.9 Å². The van der Waals surface area contributed by atoms with Crippen molar-refractivity contribution >= 4 is 46.6 Å². The van der Waals surface area contributed by atoms with Gasteiger partial charge in [-0.3, -0.25) is 0 Å². The first-order valence-electron chi connectivity index (χ1n) is 14.1. The van der Waals surface area contributed by atoms with Gasteiger partial charge in [0, 0.05) is 0 Å². The molecule has 0 N–H and O–H groups in total. The van der Waals surface area contributed by atoms with E-state index in [-0.39, 0.29) is 23.1 Å². The van der Waals surface area contributed by atoms with Gasteiger partial charge in [0.15, 0.2) is 34.7 Å². The third-order valence-electron chi connectivity index (χ3n) is 5.52. The van der Waals surface area contributed by atoms with E-state index in [1.807, 2.05) is 0 Å². The van der Waals surface area contributed by atoms with E-state index in [1.165, 1.54) is 12.1 Å². The molecule has 5 rings (SSSR count). The summed E-state index contributed by atoms with van der Waals surface area (Å²) in [5, 5.41) is 0.959. The van der Waals surface area contributed by atoms with Crippen molar-refractivity contribution in [2.45, 2.75) is 34.6 Å². The molecule has 0 spiro atoms. The van der Waals surface area contributed by atoms with Crippen LogP contribution in [0.2, 0.25) is 15.1 Å². The van der Waals surface area contributed by atoms with E-state index in [1.54, 1.807) is 65.0 Å². The van der Waals surface area contributed by atoms with Gasteiger partial charge >= 0.3 is 0 Å². The third kappa shape index (κ3) is 12.2. The molecule has 246 valence electrons. The highest BCUT2D eigenvalue weighted by Gasteiger charge is 2.19. The lowest BCUT2D eigenvalue weighted by molar-refractivity contribution is 0.320. The van der Waals surface area contributed by atoms with Gasteiger partial charge in [0.05, 0.1) is 48.0 Å². The molecule has 0 radical (unpaired) electrons. The Hall–Kier alpha value is -3.34. The number of halogens is 6. The average molecular weight is 692 g/mol. The molecule has 0 unspecified atom stereocenters. The lowest BCUT2D eigenvalue weighted by atomic mass is 10.2. The second-order valence-electron chi connectivity index (χ2n) is 8.99. The molecule has 3 aromatic carbocycles. The van der Waals surface area contributed by atoms with Crippen molar-refractivity contribution in [1.29, 1.82) is 0 Å². The Bertz CT molecular complexity index is 1390. The number of hydrogen-bond donors (Lipinski definition) is 0. The van der Waals surface area contributed by atoms with Crippen LogP contribution in [-0.2, 0) is 9.47 Å². The number of nitrogens with zero attached hydrogens (tertiary/aromatic N) is 2. The minimum Gasteiger partial charge on any atom is -0.489 e. The fraction of sp³-hybridized carbons (Fsp3) is 0.375. The van der Waals surface area contributed by atoms with Crippen molar-refractivity contribution in [3.8, 4) is 17.2 Å². The Balaban J connectivity index is 0.000000209. The molecular weight excluding hydrogens is 656 g/mol. The molecule has 0 aromatic heterocycles. The zero-order valence-corrected chi connectivity index (χ0v) is 28.0. The summed E-state index contributed by atoms with van der Waals surface area (Å²) >= 11 is 17.1. The molecule has 7 nitrogen and oxygen atoms in total. The highest BCUT2D eigenvalue weighted by molar-refractivity contribution is 6.36. The first-order chi connectivity index (χ1) is 21.5. The molecule has 0 atom stereocenters. The van der Waals surface area contributed by atoms with Gasteiger partial charge < -0.3 is 23.7 Å². The van der Waals surface area contributed by atoms with Crippen LogP contribution in [0.1, 0.15) is 31.9 Å². The number of benzene rings is 3. The van der Waals surface area contributed by atoms with E-state index in [0.29, 0.717) is 65.5 Å². The van der Waals surface area contributed by atoms with Crippen molar-refractivity contribution in [2.24, 2.45) is 9.98 Å². The fourth-order valence-corrected chi connectivity index (χ4v) is 4.31. The number of para-hydroxylation sites is 1. The van der Waals surface area contributed by atoms with Crippen LogP contribution in [0, 0.1) is 31.3 Å².